The molecule has 122 valence electrons. The highest BCUT2D eigenvalue weighted by molar-refractivity contribution is 5.75. The Bertz CT molecular complexity index is 321. The van der Waals surface area contributed by atoms with Crippen molar-refractivity contribution >= 4 is 5.97 Å². The molecule has 1 N–H and O–H groups in total. The molecule has 2 atom stereocenters. The lowest BCUT2D eigenvalue weighted by molar-refractivity contribution is -0.145. The predicted molar refractivity (Wildman–Crippen MR) is 81.3 cm³/mol. The van der Waals surface area contributed by atoms with E-state index < -0.39 is 0 Å². The quantitative estimate of drug-likeness (QED) is 0.665. The van der Waals surface area contributed by atoms with Crippen LogP contribution < -0.4 is 5.32 Å². The molecule has 6 heteroatoms. The van der Waals surface area contributed by atoms with E-state index in [9.17, 15) is 4.79 Å². The summed E-state index contributed by atoms with van der Waals surface area (Å²) >= 11 is 0. The largest absolute Gasteiger partial charge is 0.465 e. The molecule has 0 aromatic rings. The Morgan fingerprint density at radius 3 is 2.81 bits per heavy atom. The molecule has 0 spiro atoms. The first-order valence-corrected chi connectivity index (χ1v) is 8.12. The molecular weight excluding hydrogens is 270 g/mol. The maximum atomic E-state index is 11.8. The summed E-state index contributed by atoms with van der Waals surface area (Å²) in [5.74, 6) is -0.135. The number of nitrogens with zero attached hydrogens (tertiary/aromatic N) is 2. The molecule has 21 heavy (non-hydrogen) atoms. The molecule has 2 aliphatic heterocycles. The third-order valence-corrected chi connectivity index (χ3v) is 4.46. The van der Waals surface area contributed by atoms with Crippen LogP contribution in [0.15, 0.2) is 0 Å². The van der Waals surface area contributed by atoms with Crippen LogP contribution in [0, 0.1) is 0 Å². The van der Waals surface area contributed by atoms with Crippen molar-refractivity contribution in [2.45, 2.75) is 31.8 Å². The lowest BCUT2D eigenvalue weighted by atomic mass is 10.2. The van der Waals surface area contributed by atoms with E-state index in [0.29, 0.717) is 12.6 Å². The van der Waals surface area contributed by atoms with Gasteiger partial charge in [-0.3, -0.25) is 9.69 Å². The monoisotopic (exact) mass is 299 g/mol. The molecule has 0 radical (unpaired) electrons. The normalized spacial score (nSPS) is 25.9. The number of carbonyl (C=O) groups is 1. The third-order valence-electron chi connectivity index (χ3n) is 4.46. The molecule has 2 unspecified atom stereocenters. The zero-order valence-corrected chi connectivity index (χ0v) is 13.3. The molecule has 0 aromatic carbocycles. The van der Waals surface area contributed by atoms with Crippen molar-refractivity contribution in [1.82, 2.24) is 15.1 Å². The topological polar surface area (TPSA) is 54.0 Å². The van der Waals surface area contributed by atoms with Crippen LogP contribution in [-0.2, 0) is 14.3 Å². The second kappa shape index (κ2) is 8.68. The molecule has 2 aliphatic rings. The maximum absolute atomic E-state index is 11.8. The molecular formula is C15H29N3O3. The average Bonchev–Trinajstić information content (AvgIpc) is 2.98. The summed E-state index contributed by atoms with van der Waals surface area (Å²) in [5.41, 5.74) is 0. The SMILES string of the molecule is CCOC(=O)C(CCN1CCC(N2CCOCC2)C1)NC. The predicted octanol–water partition coefficient (Wildman–Crippen LogP) is -0.0659. The van der Waals surface area contributed by atoms with Crippen molar-refractivity contribution in [3.05, 3.63) is 0 Å². The number of hydrogen-bond donors (Lipinski definition) is 1. The molecule has 2 heterocycles. The van der Waals surface area contributed by atoms with Gasteiger partial charge in [0.05, 0.1) is 19.8 Å². The van der Waals surface area contributed by atoms with E-state index in [4.69, 9.17) is 9.47 Å². The summed E-state index contributed by atoms with van der Waals surface area (Å²) in [6.45, 7) is 9.31. The summed E-state index contributed by atoms with van der Waals surface area (Å²) in [4.78, 5) is 16.8. The molecule has 0 aromatic heterocycles. The number of hydrogen-bond acceptors (Lipinski definition) is 6. The van der Waals surface area contributed by atoms with Crippen LogP contribution in [0.4, 0.5) is 0 Å². The molecule has 0 saturated carbocycles. The van der Waals surface area contributed by atoms with Crippen molar-refractivity contribution in [3.8, 4) is 0 Å². The fraction of sp³-hybridized carbons (Fsp3) is 0.933. The second-order valence-corrected chi connectivity index (χ2v) is 5.77. The van der Waals surface area contributed by atoms with Gasteiger partial charge in [0, 0.05) is 32.2 Å². The molecule has 0 amide bonds. The van der Waals surface area contributed by atoms with Crippen molar-refractivity contribution in [1.29, 1.82) is 0 Å². The van der Waals surface area contributed by atoms with E-state index in [1.54, 1.807) is 0 Å². The maximum Gasteiger partial charge on any atom is 0.323 e. The van der Waals surface area contributed by atoms with Gasteiger partial charge in [-0.1, -0.05) is 0 Å². The Morgan fingerprint density at radius 2 is 2.14 bits per heavy atom. The third kappa shape index (κ3) is 4.92. The molecule has 2 fully saturated rings. The van der Waals surface area contributed by atoms with Crippen molar-refractivity contribution < 1.29 is 14.3 Å². The van der Waals surface area contributed by atoms with Crippen molar-refractivity contribution in [2.24, 2.45) is 0 Å². The van der Waals surface area contributed by atoms with Crippen LogP contribution >= 0.6 is 0 Å². The minimum absolute atomic E-state index is 0.135. The molecule has 2 saturated heterocycles. The van der Waals surface area contributed by atoms with Crippen LogP contribution in [0.2, 0.25) is 0 Å². The number of likely N-dealkylation sites (tertiary alicyclic amines) is 1. The number of likely N-dealkylation sites (N-methyl/N-ethyl adjacent to an activating group) is 1. The summed E-state index contributed by atoms with van der Waals surface area (Å²) in [7, 11) is 1.82. The van der Waals surface area contributed by atoms with Gasteiger partial charge in [-0.15, -0.1) is 0 Å². The summed E-state index contributed by atoms with van der Waals surface area (Å²) in [6, 6.07) is 0.469. The van der Waals surface area contributed by atoms with Crippen LogP contribution in [0.1, 0.15) is 19.8 Å². The molecule has 6 nitrogen and oxygen atoms in total. The highest BCUT2D eigenvalue weighted by Gasteiger charge is 2.29. The number of rotatable bonds is 7. The molecule has 0 aliphatic carbocycles. The number of nitrogens with one attached hydrogen (secondary N) is 1. The lowest BCUT2D eigenvalue weighted by Crippen LogP contribution is -2.45. The average molecular weight is 299 g/mol. The minimum atomic E-state index is -0.188. The fourth-order valence-corrected chi connectivity index (χ4v) is 3.19. The van der Waals surface area contributed by atoms with Crippen LogP contribution in [0.3, 0.4) is 0 Å². The zero-order valence-electron chi connectivity index (χ0n) is 13.3. The summed E-state index contributed by atoms with van der Waals surface area (Å²) < 4.78 is 10.5. The van der Waals surface area contributed by atoms with Gasteiger partial charge in [0.2, 0.25) is 0 Å². The smallest absolute Gasteiger partial charge is 0.323 e. The van der Waals surface area contributed by atoms with Gasteiger partial charge < -0.3 is 19.7 Å². The van der Waals surface area contributed by atoms with Crippen LogP contribution in [0.25, 0.3) is 0 Å². The van der Waals surface area contributed by atoms with E-state index in [-0.39, 0.29) is 12.0 Å². The van der Waals surface area contributed by atoms with Gasteiger partial charge in [0.15, 0.2) is 0 Å². The number of ether oxygens (including phenoxy) is 2. The van der Waals surface area contributed by atoms with Gasteiger partial charge in [0.25, 0.3) is 0 Å². The standard InChI is InChI=1S/C15H29N3O3/c1-3-21-15(19)14(16-2)5-7-17-6-4-13(12-17)18-8-10-20-11-9-18/h13-14,16H,3-12H2,1-2H3. The number of esters is 1. The number of carbonyl (C=O) groups excluding carboxylic acids is 1. The van der Waals surface area contributed by atoms with Crippen LogP contribution in [0.5, 0.6) is 0 Å². The van der Waals surface area contributed by atoms with Crippen molar-refractivity contribution in [2.75, 3.05) is 59.6 Å². The van der Waals surface area contributed by atoms with E-state index in [2.05, 4.69) is 15.1 Å². The van der Waals surface area contributed by atoms with E-state index in [1.807, 2.05) is 14.0 Å². The van der Waals surface area contributed by atoms with Crippen LogP contribution in [-0.4, -0.2) is 87.4 Å². The summed E-state index contributed by atoms with van der Waals surface area (Å²) in [5, 5.41) is 3.06. The first-order valence-electron chi connectivity index (χ1n) is 8.12. The van der Waals surface area contributed by atoms with Gasteiger partial charge in [-0.05, 0) is 33.4 Å². The van der Waals surface area contributed by atoms with Gasteiger partial charge in [-0.25, -0.2) is 0 Å². The highest BCUT2D eigenvalue weighted by Crippen LogP contribution is 2.17. The van der Waals surface area contributed by atoms with Crippen molar-refractivity contribution in [3.63, 3.8) is 0 Å². The Balaban J connectivity index is 1.70. The zero-order chi connectivity index (χ0) is 15.1. The van der Waals surface area contributed by atoms with E-state index >= 15 is 0 Å². The van der Waals surface area contributed by atoms with Gasteiger partial charge in [-0.2, -0.15) is 0 Å². The van der Waals surface area contributed by atoms with E-state index in [0.717, 1.165) is 52.4 Å². The summed E-state index contributed by atoms with van der Waals surface area (Å²) in [6.07, 6.45) is 2.04. The fourth-order valence-electron chi connectivity index (χ4n) is 3.19. The van der Waals surface area contributed by atoms with E-state index in [1.165, 1.54) is 6.42 Å². The second-order valence-electron chi connectivity index (χ2n) is 5.77. The Hall–Kier alpha value is -0.690. The van der Waals surface area contributed by atoms with Gasteiger partial charge >= 0.3 is 5.97 Å². The first-order chi connectivity index (χ1) is 10.2. The number of morpholine rings is 1. The Morgan fingerprint density at radius 1 is 1.38 bits per heavy atom. The molecule has 2 rings (SSSR count). The Labute approximate surface area is 127 Å². The van der Waals surface area contributed by atoms with Gasteiger partial charge in [0.1, 0.15) is 6.04 Å². The first kappa shape index (κ1) is 16.7. The minimum Gasteiger partial charge on any atom is -0.465 e. The highest BCUT2D eigenvalue weighted by atomic mass is 16.5. The lowest BCUT2D eigenvalue weighted by Gasteiger charge is -2.32. The molecule has 0 bridgehead atoms. The Kier molecular flexibility index (Phi) is 6.89.